The van der Waals surface area contributed by atoms with Gasteiger partial charge < -0.3 is 4.74 Å². The molecule has 27 heavy (non-hydrogen) atoms. The molecule has 0 fully saturated rings. The van der Waals surface area contributed by atoms with E-state index >= 15 is 0 Å². The van der Waals surface area contributed by atoms with E-state index in [1.54, 1.807) is 10.8 Å². The van der Waals surface area contributed by atoms with E-state index in [1.165, 1.54) is 6.08 Å². The number of ether oxygens (including phenoxy) is 1. The molecule has 0 radical (unpaired) electrons. The molecule has 0 saturated heterocycles. The van der Waals surface area contributed by atoms with Crippen molar-refractivity contribution in [2.75, 3.05) is 0 Å². The Bertz CT molecular complexity index is 966. The molecule has 6 heteroatoms. The Morgan fingerprint density at radius 1 is 1.11 bits per heavy atom. The van der Waals surface area contributed by atoms with Crippen molar-refractivity contribution in [3.63, 3.8) is 0 Å². The van der Waals surface area contributed by atoms with Gasteiger partial charge in [0.15, 0.2) is 0 Å². The van der Waals surface area contributed by atoms with Crippen molar-refractivity contribution >= 4 is 35.2 Å². The van der Waals surface area contributed by atoms with Crippen LogP contribution >= 0.6 is 23.2 Å². The second-order valence-electron chi connectivity index (χ2n) is 5.97. The topological polar surface area (TPSA) is 44.1 Å². The van der Waals surface area contributed by atoms with Gasteiger partial charge in [-0.2, -0.15) is 5.10 Å². The third-order valence-electron chi connectivity index (χ3n) is 4.00. The molecule has 0 bridgehead atoms. The number of nitrogens with zero attached hydrogens (tertiary/aromatic N) is 2. The lowest BCUT2D eigenvalue weighted by Crippen LogP contribution is -2.02. The van der Waals surface area contributed by atoms with E-state index in [2.05, 4.69) is 5.10 Å². The molecule has 0 saturated carbocycles. The van der Waals surface area contributed by atoms with E-state index < -0.39 is 5.97 Å². The lowest BCUT2D eigenvalue weighted by molar-refractivity contribution is -0.138. The van der Waals surface area contributed by atoms with Crippen LogP contribution in [0.2, 0.25) is 10.2 Å². The van der Waals surface area contributed by atoms with E-state index in [9.17, 15) is 4.79 Å². The molecule has 4 nitrogen and oxygen atoms in total. The van der Waals surface area contributed by atoms with Crippen LogP contribution in [0.3, 0.4) is 0 Å². The highest BCUT2D eigenvalue weighted by Gasteiger charge is 2.13. The first-order valence-electron chi connectivity index (χ1n) is 8.39. The van der Waals surface area contributed by atoms with E-state index in [0.717, 1.165) is 16.8 Å². The summed E-state index contributed by atoms with van der Waals surface area (Å²) in [4.78, 5) is 12.0. The van der Waals surface area contributed by atoms with Gasteiger partial charge in [0.25, 0.3) is 0 Å². The second kappa shape index (κ2) is 8.89. The minimum Gasteiger partial charge on any atom is -0.458 e. The fourth-order valence-corrected chi connectivity index (χ4v) is 3.07. The maximum absolute atomic E-state index is 12.0. The molecule has 0 N–H and O–H groups in total. The Kier molecular flexibility index (Phi) is 6.32. The lowest BCUT2D eigenvalue weighted by Gasteiger charge is -2.05. The van der Waals surface area contributed by atoms with Crippen molar-refractivity contribution in [2.24, 2.45) is 0 Å². The monoisotopic (exact) mass is 400 g/mol. The van der Waals surface area contributed by atoms with Crippen LogP contribution in [0, 0.1) is 6.92 Å². The minimum atomic E-state index is -0.437. The molecule has 138 valence electrons. The van der Waals surface area contributed by atoms with Crippen LogP contribution in [0.25, 0.3) is 6.08 Å². The molecule has 0 spiro atoms. The number of hydrogen-bond donors (Lipinski definition) is 0. The summed E-state index contributed by atoms with van der Waals surface area (Å²) in [5, 5.41) is 5.54. The minimum absolute atomic E-state index is 0.225. The summed E-state index contributed by atoms with van der Waals surface area (Å²) in [7, 11) is 0. The number of aromatic nitrogens is 2. The summed E-state index contributed by atoms with van der Waals surface area (Å²) >= 11 is 12.6. The fraction of sp³-hybridized carbons (Fsp3) is 0.143. The predicted octanol–water partition coefficient (Wildman–Crippen LogP) is 5.30. The van der Waals surface area contributed by atoms with E-state index in [1.807, 2.05) is 61.5 Å². The standard InChI is InChI=1S/C21H18Cl2N2O2/c1-15-18(11-12-20(26)27-14-16-7-3-2-4-8-16)21(23)25(24-15)13-17-9-5-6-10-19(17)22/h2-12H,13-14H2,1H3/b12-11+. The Hall–Kier alpha value is -2.56. The molecule has 3 aromatic rings. The van der Waals surface area contributed by atoms with Crippen LogP contribution in [0.4, 0.5) is 0 Å². The van der Waals surface area contributed by atoms with Gasteiger partial charge in [-0.1, -0.05) is 71.7 Å². The zero-order chi connectivity index (χ0) is 19.2. The summed E-state index contributed by atoms with van der Waals surface area (Å²) in [5.41, 5.74) is 3.25. The number of carbonyl (C=O) groups is 1. The number of benzene rings is 2. The van der Waals surface area contributed by atoms with Crippen molar-refractivity contribution in [3.05, 3.63) is 93.2 Å². The summed E-state index contributed by atoms with van der Waals surface area (Å²) in [6.07, 6.45) is 2.99. The van der Waals surface area contributed by atoms with Crippen molar-refractivity contribution in [1.29, 1.82) is 0 Å². The number of esters is 1. The molecule has 3 rings (SSSR count). The third kappa shape index (κ3) is 5.00. The van der Waals surface area contributed by atoms with Crippen molar-refractivity contribution in [1.82, 2.24) is 9.78 Å². The van der Waals surface area contributed by atoms with Gasteiger partial charge in [0.05, 0.1) is 12.2 Å². The summed E-state index contributed by atoms with van der Waals surface area (Å²) < 4.78 is 6.89. The average molecular weight is 401 g/mol. The van der Waals surface area contributed by atoms with Crippen molar-refractivity contribution < 1.29 is 9.53 Å². The van der Waals surface area contributed by atoms with E-state index in [4.69, 9.17) is 27.9 Å². The van der Waals surface area contributed by atoms with Gasteiger partial charge >= 0.3 is 5.97 Å². The molecule has 0 aliphatic heterocycles. The summed E-state index contributed by atoms with van der Waals surface area (Å²) in [5.74, 6) is -0.437. The van der Waals surface area contributed by atoms with Crippen molar-refractivity contribution in [3.8, 4) is 0 Å². The zero-order valence-corrected chi connectivity index (χ0v) is 16.2. The third-order valence-corrected chi connectivity index (χ3v) is 4.76. The summed E-state index contributed by atoms with van der Waals surface area (Å²) in [6, 6.07) is 17.0. The van der Waals surface area contributed by atoms with Gasteiger partial charge in [-0.05, 0) is 30.2 Å². The van der Waals surface area contributed by atoms with Gasteiger partial charge in [0, 0.05) is 16.7 Å². The van der Waals surface area contributed by atoms with Gasteiger partial charge in [0.1, 0.15) is 11.8 Å². The van der Waals surface area contributed by atoms with Crippen LogP contribution in [0.1, 0.15) is 22.4 Å². The molecule has 0 amide bonds. The highest BCUT2D eigenvalue weighted by Crippen LogP contribution is 2.24. The molecule has 1 aromatic heterocycles. The molecular formula is C21H18Cl2N2O2. The normalized spacial score (nSPS) is 11.1. The maximum Gasteiger partial charge on any atom is 0.331 e. The van der Waals surface area contributed by atoms with Gasteiger partial charge in [-0.25, -0.2) is 9.48 Å². The molecule has 2 aromatic carbocycles. The molecule has 0 unspecified atom stereocenters. The van der Waals surface area contributed by atoms with Crippen LogP contribution in [-0.2, 0) is 22.7 Å². The molecular weight excluding hydrogens is 383 g/mol. The van der Waals surface area contributed by atoms with Crippen LogP contribution in [0.15, 0.2) is 60.7 Å². The van der Waals surface area contributed by atoms with Gasteiger partial charge in [-0.3, -0.25) is 0 Å². The van der Waals surface area contributed by atoms with E-state index in [0.29, 0.717) is 22.3 Å². The Balaban J connectivity index is 1.68. The number of halogens is 2. The highest BCUT2D eigenvalue weighted by atomic mass is 35.5. The SMILES string of the molecule is Cc1nn(Cc2ccccc2Cl)c(Cl)c1/C=C/C(=O)OCc1ccccc1. The number of aryl methyl sites for hydroxylation is 1. The quantitative estimate of drug-likeness (QED) is 0.416. The predicted molar refractivity (Wildman–Crippen MR) is 108 cm³/mol. The number of rotatable bonds is 6. The van der Waals surface area contributed by atoms with Crippen LogP contribution in [-0.4, -0.2) is 15.7 Å². The molecule has 1 heterocycles. The maximum atomic E-state index is 12.0. The molecule has 0 aliphatic carbocycles. The fourth-order valence-electron chi connectivity index (χ4n) is 2.58. The zero-order valence-electron chi connectivity index (χ0n) is 14.7. The lowest BCUT2D eigenvalue weighted by atomic mass is 10.2. The molecule has 0 aliphatic rings. The largest absolute Gasteiger partial charge is 0.458 e. The van der Waals surface area contributed by atoms with Crippen LogP contribution < -0.4 is 0 Å². The second-order valence-corrected chi connectivity index (χ2v) is 6.73. The molecule has 0 atom stereocenters. The first-order chi connectivity index (χ1) is 13.0. The first kappa shape index (κ1) is 19.2. The highest BCUT2D eigenvalue weighted by molar-refractivity contribution is 6.32. The number of carbonyl (C=O) groups excluding carboxylic acids is 1. The van der Waals surface area contributed by atoms with E-state index in [-0.39, 0.29) is 6.61 Å². The van der Waals surface area contributed by atoms with Crippen LogP contribution in [0.5, 0.6) is 0 Å². The van der Waals surface area contributed by atoms with Gasteiger partial charge in [0.2, 0.25) is 0 Å². The Morgan fingerprint density at radius 3 is 2.56 bits per heavy atom. The van der Waals surface area contributed by atoms with Crippen molar-refractivity contribution in [2.45, 2.75) is 20.1 Å². The first-order valence-corrected chi connectivity index (χ1v) is 9.15. The smallest absolute Gasteiger partial charge is 0.331 e. The Labute approximate surface area is 168 Å². The summed E-state index contributed by atoms with van der Waals surface area (Å²) in [6.45, 7) is 2.51. The van der Waals surface area contributed by atoms with Gasteiger partial charge in [-0.15, -0.1) is 0 Å². The Morgan fingerprint density at radius 2 is 1.81 bits per heavy atom. The number of hydrogen-bond acceptors (Lipinski definition) is 3. The average Bonchev–Trinajstić information content (AvgIpc) is 2.94.